The predicted octanol–water partition coefficient (Wildman–Crippen LogP) is 2.32. The molecular weight excluding hydrogens is 146 g/mol. The van der Waals surface area contributed by atoms with E-state index in [-0.39, 0.29) is 0 Å². The van der Waals surface area contributed by atoms with Crippen LogP contribution in [0.25, 0.3) is 0 Å². The van der Waals surface area contributed by atoms with E-state index in [0.717, 1.165) is 12.8 Å². The second kappa shape index (κ2) is 4.70. The lowest BCUT2D eigenvalue weighted by molar-refractivity contribution is -0.399. The normalized spacial score (nSPS) is 9.75. The van der Waals surface area contributed by atoms with Crippen LogP contribution in [-0.4, -0.2) is 0 Å². The summed E-state index contributed by atoms with van der Waals surface area (Å²) in [7, 11) is 0. The molecule has 0 saturated carbocycles. The molecule has 0 unspecified atom stereocenters. The van der Waals surface area contributed by atoms with Crippen molar-refractivity contribution in [2.45, 2.75) is 26.2 Å². The average molecular weight is 162 g/mol. The highest BCUT2D eigenvalue weighted by atomic mass is 14.7. The molecule has 1 aromatic rings. The number of aryl methyl sites for hydroxylation is 2. The van der Waals surface area contributed by atoms with E-state index in [9.17, 15) is 0 Å². The summed E-state index contributed by atoms with van der Waals surface area (Å²) in [6.45, 7) is 5.78. The van der Waals surface area contributed by atoms with E-state index >= 15 is 0 Å². The monoisotopic (exact) mass is 162 g/mol. The van der Waals surface area contributed by atoms with Crippen LogP contribution in [0, 0.1) is 6.92 Å². The van der Waals surface area contributed by atoms with Crippen molar-refractivity contribution in [1.82, 2.24) is 0 Å². The number of pyridine rings is 1. The van der Waals surface area contributed by atoms with Crippen LogP contribution in [0.15, 0.2) is 30.9 Å². The number of aromatic amines is 1. The van der Waals surface area contributed by atoms with Crippen LogP contribution in [0.5, 0.6) is 0 Å². The zero-order valence-electron chi connectivity index (χ0n) is 7.64. The highest BCUT2D eigenvalue weighted by Gasteiger charge is 1.99. The lowest BCUT2D eigenvalue weighted by Gasteiger charge is -1.93. The van der Waals surface area contributed by atoms with Crippen molar-refractivity contribution in [2.75, 3.05) is 0 Å². The molecule has 64 valence electrons. The van der Waals surface area contributed by atoms with E-state index in [1.165, 1.54) is 17.8 Å². The van der Waals surface area contributed by atoms with Crippen molar-refractivity contribution < 1.29 is 4.98 Å². The van der Waals surface area contributed by atoms with E-state index < -0.39 is 0 Å². The summed E-state index contributed by atoms with van der Waals surface area (Å²) < 4.78 is 0. The Morgan fingerprint density at radius 1 is 1.50 bits per heavy atom. The minimum atomic E-state index is 1.10. The minimum absolute atomic E-state index is 1.10. The van der Waals surface area contributed by atoms with E-state index in [0.29, 0.717) is 0 Å². The van der Waals surface area contributed by atoms with Gasteiger partial charge in [0.05, 0.1) is 0 Å². The van der Waals surface area contributed by atoms with Crippen molar-refractivity contribution >= 4 is 0 Å². The molecule has 0 aromatic carbocycles. The van der Waals surface area contributed by atoms with E-state index in [2.05, 4.69) is 36.7 Å². The Morgan fingerprint density at radius 2 is 2.33 bits per heavy atom. The van der Waals surface area contributed by atoms with Crippen molar-refractivity contribution in [1.29, 1.82) is 0 Å². The van der Waals surface area contributed by atoms with Crippen LogP contribution in [0.4, 0.5) is 0 Å². The molecule has 12 heavy (non-hydrogen) atoms. The zero-order valence-corrected chi connectivity index (χ0v) is 7.64. The van der Waals surface area contributed by atoms with Gasteiger partial charge in [-0.2, -0.15) is 0 Å². The molecule has 0 saturated heterocycles. The number of H-pyrrole nitrogens is 1. The van der Waals surface area contributed by atoms with Gasteiger partial charge in [0.2, 0.25) is 0 Å². The van der Waals surface area contributed by atoms with Gasteiger partial charge >= 0.3 is 0 Å². The standard InChI is InChI=1S/C11H15N/c1-3-4-5-8-11-9-6-7-10(2)12-11/h3,6-7,9H,1,4-5,8H2,2H3/p+1. The lowest BCUT2D eigenvalue weighted by atomic mass is 10.2. The smallest absolute Gasteiger partial charge is 0.179 e. The maximum absolute atomic E-state index is 3.70. The molecule has 0 aliphatic rings. The fourth-order valence-corrected chi connectivity index (χ4v) is 1.23. The molecule has 0 aliphatic carbocycles. The van der Waals surface area contributed by atoms with E-state index in [4.69, 9.17) is 0 Å². The Morgan fingerprint density at radius 3 is 3.00 bits per heavy atom. The van der Waals surface area contributed by atoms with Crippen LogP contribution < -0.4 is 4.98 Å². The highest BCUT2D eigenvalue weighted by Crippen LogP contribution is 1.99. The second-order valence-corrected chi connectivity index (χ2v) is 3.04. The summed E-state index contributed by atoms with van der Waals surface area (Å²) in [5, 5.41) is 0. The van der Waals surface area contributed by atoms with Crippen molar-refractivity contribution in [3.8, 4) is 0 Å². The minimum Gasteiger partial charge on any atom is -0.213 e. The summed E-state index contributed by atoms with van der Waals surface area (Å²) in [5.41, 5.74) is 2.54. The highest BCUT2D eigenvalue weighted by molar-refractivity contribution is 5.01. The fraction of sp³-hybridized carbons (Fsp3) is 0.364. The third-order valence-electron chi connectivity index (χ3n) is 1.86. The summed E-state index contributed by atoms with van der Waals surface area (Å²) >= 11 is 0. The maximum Gasteiger partial charge on any atom is 0.179 e. The second-order valence-electron chi connectivity index (χ2n) is 3.04. The molecule has 1 heterocycles. The summed E-state index contributed by atoms with van der Waals surface area (Å²) in [5.74, 6) is 0. The number of nitrogens with one attached hydrogen (secondary N) is 1. The lowest BCUT2D eigenvalue weighted by Crippen LogP contribution is -2.13. The molecule has 0 spiro atoms. The number of aromatic nitrogens is 1. The molecule has 0 bridgehead atoms. The summed E-state index contributed by atoms with van der Waals surface area (Å²) in [6, 6.07) is 6.31. The number of unbranched alkanes of at least 4 members (excludes halogenated alkanes) is 1. The molecular formula is C11H16N+. The number of rotatable bonds is 4. The van der Waals surface area contributed by atoms with Crippen LogP contribution in [-0.2, 0) is 6.42 Å². The van der Waals surface area contributed by atoms with Crippen molar-refractivity contribution in [2.24, 2.45) is 0 Å². The van der Waals surface area contributed by atoms with Gasteiger partial charge < -0.3 is 0 Å². The van der Waals surface area contributed by atoms with Crippen LogP contribution in [0.1, 0.15) is 24.2 Å². The average Bonchev–Trinajstić information content (AvgIpc) is 2.05. The van der Waals surface area contributed by atoms with Gasteiger partial charge in [-0.1, -0.05) is 6.08 Å². The number of hydrogen-bond donors (Lipinski definition) is 0. The molecule has 0 fully saturated rings. The molecule has 1 N–H and O–H groups in total. The SMILES string of the molecule is C=CCCCc1cccc(C)[nH+]1. The summed E-state index contributed by atoms with van der Waals surface area (Å²) in [6.07, 6.45) is 5.37. The molecule has 1 rings (SSSR count). The van der Waals surface area contributed by atoms with Crippen molar-refractivity contribution in [3.63, 3.8) is 0 Å². The molecule has 1 heteroatoms. The number of allylic oxidation sites excluding steroid dienone is 1. The van der Waals surface area contributed by atoms with Crippen LogP contribution in [0.3, 0.4) is 0 Å². The van der Waals surface area contributed by atoms with Gasteiger partial charge in [0.1, 0.15) is 0 Å². The fourth-order valence-electron chi connectivity index (χ4n) is 1.23. The van der Waals surface area contributed by atoms with Gasteiger partial charge in [-0.3, -0.25) is 0 Å². The van der Waals surface area contributed by atoms with Gasteiger partial charge in [-0.25, -0.2) is 4.98 Å². The van der Waals surface area contributed by atoms with Gasteiger partial charge in [0.15, 0.2) is 11.4 Å². The van der Waals surface area contributed by atoms with Crippen LogP contribution in [0.2, 0.25) is 0 Å². The third kappa shape index (κ3) is 2.87. The largest absolute Gasteiger partial charge is 0.213 e. The van der Waals surface area contributed by atoms with Gasteiger partial charge in [-0.15, -0.1) is 6.58 Å². The topological polar surface area (TPSA) is 14.1 Å². The van der Waals surface area contributed by atoms with Gasteiger partial charge in [0, 0.05) is 25.5 Å². The van der Waals surface area contributed by atoms with Crippen LogP contribution >= 0.6 is 0 Å². The summed E-state index contributed by atoms with van der Waals surface area (Å²) in [4.78, 5) is 3.33. The molecule has 1 aromatic heterocycles. The predicted molar refractivity (Wildman–Crippen MR) is 50.9 cm³/mol. The van der Waals surface area contributed by atoms with Crippen molar-refractivity contribution in [3.05, 3.63) is 42.2 Å². The Hall–Kier alpha value is -1.11. The molecule has 0 aliphatic heterocycles. The Kier molecular flexibility index (Phi) is 3.52. The Labute approximate surface area is 74.2 Å². The van der Waals surface area contributed by atoms with Gasteiger partial charge in [0.25, 0.3) is 0 Å². The molecule has 0 atom stereocenters. The molecule has 0 radical (unpaired) electrons. The van der Waals surface area contributed by atoms with E-state index in [1.54, 1.807) is 0 Å². The quantitative estimate of drug-likeness (QED) is 0.476. The first-order valence-electron chi connectivity index (χ1n) is 4.41. The third-order valence-corrected chi connectivity index (χ3v) is 1.86. The first-order chi connectivity index (χ1) is 5.83. The Bertz CT molecular complexity index is 253. The van der Waals surface area contributed by atoms with E-state index in [1.807, 2.05) is 6.08 Å². The molecule has 0 amide bonds. The molecule has 1 nitrogen and oxygen atoms in total. The Balaban J connectivity index is 2.46. The number of hydrogen-bond acceptors (Lipinski definition) is 0. The maximum atomic E-state index is 3.70. The zero-order chi connectivity index (χ0) is 8.81. The van der Waals surface area contributed by atoms with Gasteiger partial charge in [-0.05, 0) is 18.9 Å². The first-order valence-corrected chi connectivity index (χ1v) is 4.41. The first kappa shape index (κ1) is 8.98.